The van der Waals surface area contributed by atoms with Gasteiger partial charge in [0.2, 0.25) is 0 Å². The van der Waals surface area contributed by atoms with Gasteiger partial charge in [0.25, 0.3) is 0 Å². The van der Waals surface area contributed by atoms with E-state index in [0.29, 0.717) is 0 Å². The number of anilines is 3. The molecule has 0 radical (unpaired) electrons. The quantitative estimate of drug-likeness (QED) is 0.172. The normalized spacial score (nSPS) is 13.2. The van der Waals surface area contributed by atoms with Crippen LogP contribution in [0.3, 0.4) is 0 Å². The maximum Gasteiger partial charge on any atom is 0.135 e. The number of furan rings is 1. The molecule has 0 N–H and O–H groups in total. The lowest BCUT2D eigenvalue weighted by atomic mass is 9.82. The maximum absolute atomic E-state index is 6.24. The average Bonchev–Trinajstić information content (AvgIpc) is 3.69. The molecule has 0 fully saturated rings. The zero-order chi connectivity index (χ0) is 35.3. The third-order valence-electron chi connectivity index (χ3n) is 11.6. The van der Waals surface area contributed by atoms with Gasteiger partial charge in [0.05, 0.1) is 0 Å². The first kappa shape index (κ1) is 30.0. The molecule has 0 aliphatic heterocycles. The Balaban J connectivity index is 1.04. The van der Waals surface area contributed by atoms with Gasteiger partial charge < -0.3 is 9.32 Å². The van der Waals surface area contributed by atoms with Gasteiger partial charge in [-0.1, -0.05) is 135 Å². The number of nitrogens with zero attached hydrogens (tertiary/aromatic N) is 1. The van der Waals surface area contributed by atoms with E-state index in [-0.39, 0.29) is 5.41 Å². The number of hydrogen-bond acceptors (Lipinski definition) is 2. The van der Waals surface area contributed by atoms with E-state index in [1.807, 2.05) is 12.1 Å². The van der Waals surface area contributed by atoms with E-state index in [4.69, 9.17) is 4.42 Å². The van der Waals surface area contributed by atoms with Gasteiger partial charge >= 0.3 is 0 Å². The molecule has 9 aromatic carbocycles. The molecular formula is C51H35NO. The summed E-state index contributed by atoms with van der Waals surface area (Å²) in [5.41, 5.74) is 12.8. The lowest BCUT2D eigenvalue weighted by molar-refractivity contribution is 0.660. The van der Waals surface area contributed by atoms with Crippen LogP contribution in [-0.4, -0.2) is 0 Å². The van der Waals surface area contributed by atoms with Gasteiger partial charge in [-0.05, 0) is 120 Å². The number of rotatable bonds is 4. The highest BCUT2D eigenvalue weighted by Crippen LogP contribution is 2.51. The summed E-state index contributed by atoms with van der Waals surface area (Å²) in [7, 11) is 0. The van der Waals surface area contributed by atoms with Gasteiger partial charge in [0.1, 0.15) is 11.2 Å². The molecule has 1 aliphatic rings. The fourth-order valence-corrected chi connectivity index (χ4v) is 8.95. The van der Waals surface area contributed by atoms with Gasteiger partial charge in [-0.3, -0.25) is 0 Å². The van der Waals surface area contributed by atoms with Crippen LogP contribution in [0, 0.1) is 0 Å². The molecule has 0 atom stereocenters. The predicted molar refractivity (Wildman–Crippen MR) is 224 cm³/mol. The summed E-state index contributed by atoms with van der Waals surface area (Å²) >= 11 is 0. The predicted octanol–water partition coefficient (Wildman–Crippen LogP) is 14.5. The van der Waals surface area contributed by atoms with Crippen LogP contribution in [0.5, 0.6) is 0 Å². The van der Waals surface area contributed by atoms with Crippen LogP contribution in [-0.2, 0) is 5.41 Å². The summed E-state index contributed by atoms with van der Waals surface area (Å²) in [6, 6.07) is 64.3. The summed E-state index contributed by atoms with van der Waals surface area (Å²) in [5.74, 6) is 0. The molecule has 250 valence electrons. The molecule has 53 heavy (non-hydrogen) atoms. The third kappa shape index (κ3) is 4.52. The van der Waals surface area contributed by atoms with Crippen molar-refractivity contribution in [1.29, 1.82) is 0 Å². The Hall–Kier alpha value is -6.64. The van der Waals surface area contributed by atoms with Gasteiger partial charge in [-0.25, -0.2) is 0 Å². The maximum atomic E-state index is 6.24. The Labute approximate surface area is 308 Å². The van der Waals surface area contributed by atoms with Crippen molar-refractivity contribution in [1.82, 2.24) is 0 Å². The van der Waals surface area contributed by atoms with Crippen molar-refractivity contribution in [3.63, 3.8) is 0 Å². The Morgan fingerprint density at radius 2 is 1.02 bits per heavy atom. The Bertz CT molecular complexity index is 3090. The molecule has 0 unspecified atom stereocenters. The monoisotopic (exact) mass is 677 g/mol. The fraction of sp³-hybridized carbons (Fsp3) is 0.0588. The van der Waals surface area contributed by atoms with E-state index in [2.05, 4.69) is 183 Å². The number of benzene rings is 9. The van der Waals surface area contributed by atoms with Crippen molar-refractivity contribution in [3.8, 4) is 22.3 Å². The highest BCUT2D eigenvalue weighted by atomic mass is 16.3. The topological polar surface area (TPSA) is 16.4 Å². The Morgan fingerprint density at radius 1 is 0.396 bits per heavy atom. The molecule has 1 aliphatic carbocycles. The number of para-hydroxylation sites is 1. The van der Waals surface area contributed by atoms with Crippen LogP contribution in [0.1, 0.15) is 25.0 Å². The van der Waals surface area contributed by atoms with E-state index in [0.717, 1.165) is 39.0 Å². The van der Waals surface area contributed by atoms with Gasteiger partial charge in [-0.2, -0.15) is 0 Å². The lowest BCUT2D eigenvalue weighted by Crippen LogP contribution is -2.16. The molecule has 11 rings (SSSR count). The van der Waals surface area contributed by atoms with Crippen LogP contribution < -0.4 is 4.90 Å². The molecular weight excluding hydrogens is 643 g/mol. The second-order valence-corrected chi connectivity index (χ2v) is 14.9. The largest absolute Gasteiger partial charge is 0.456 e. The van der Waals surface area contributed by atoms with E-state index in [1.165, 1.54) is 65.7 Å². The van der Waals surface area contributed by atoms with E-state index >= 15 is 0 Å². The summed E-state index contributed by atoms with van der Waals surface area (Å²) in [4.78, 5) is 2.39. The zero-order valence-corrected chi connectivity index (χ0v) is 29.6. The van der Waals surface area contributed by atoms with Crippen molar-refractivity contribution in [2.24, 2.45) is 0 Å². The molecule has 0 bridgehead atoms. The molecule has 2 heteroatoms. The lowest BCUT2D eigenvalue weighted by Gasteiger charge is -2.28. The SMILES string of the molecule is CC1(C)c2ccccc2-c2ccc(N(c3ccc(-c4ccc5c(ccc6ccc7ccccc7c65)c4)cc3)c3ccc4oc5ccccc5c4c3)cc21. The minimum Gasteiger partial charge on any atom is -0.456 e. The van der Waals surface area contributed by atoms with Gasteiger partial charge in [-0.15, -0.1) is 0 Å². The molecule has 1 aromatic heterocycles. The molecule has 0 spiro atoms. The molecule has 0 amide bonds. The molecule has 0 saturated heterocycles. The van der Waals surface area contributed by atoms with Crippen molar-refractivity contribution in [3.05, 3.63) is 187 Å². The van der Waals surface area contributed by atoms with Crippen LogP contribution in [0.15, 0.2) is 180 Å². The summed E-state index contributed by atoms with van der Waals surface area (Å²) in [6.45, 7) is 4.69. The second-order valence-electron chi connectivity index (χ2n) is 14.9. The van der Waals surface area contributed by atoms with E-state index in [9.17, 15) is 0 Å². The van der Waals surface area contributed by atoms with Crippen LogP contribution in [0.4, 0.5) is 17.1 Å². The third-order valence-corrected chi connectivity index (χ3v) is 11.6. The summed E-state index contributed by atoms with van der Waals surface area (Å²) in [6.07, 6.45) is 0. The van der Waals surface area contributed by atoms with Gasteiger partial charge in [0.15, 0.2) is 0 Å². The summed E-state index contributed by atoms with van der Waals surface area (Å²) in [5, 5.41) is 9.94. The molecule has 1 heterocycles. The van der Waals surface area contributed by atoms with Crippen LogP contribution >= 0.6 is 0 Å². The number of fused-ring (bicyclic) bond motifs is 11. The second kappa shape index (κ2) is 11.2. The Morgan fingerprint density at radius 3 is 1.91 bits per heavy atom. The van der Waals surface area contributed by atoms with E-state index in [1.54, 1.807) is 0 Å². The van der Waals surface area contributed by atoms with Crippen molar-refractivity contribution >= 4 is 71.3 Å². The van der Waals surface area contributed by atoms with Crippen molar-refractivity contribution < 1.29 is 4.42 Å². The Kier molecular flexibility index (Phi) is 6.33. The minimum absolute atomic E-state index is 0.101. The smallest absolute Gasteiger partial charge is 0.135 e. The molecule has 2 nitrogen and oxygen atoms in total. The molecule has 0 saturated carbocycles. The summed E-state index contributed by atoms with van der Waals surface area (Å²) < 4.78 is 6.24. The fourth-order valence-electron chi connectivity index (χ4n) is 8.95. The molecule has 10 aromatic rings. The first-order valence-corrected chi connectivity index (χ1v) is 18.4. The van der Waals surface area contributed by atoms with E-state index < -0.39 is 0 Å². The van der Waals surface area contributed by atoms with Crippen molar-refractivity contribution in [2.75, 3.05) is 4.90 Å². The highest BCUT2D eigenvalue weighted by Gasteiger charge is 2.35. The standard InChI is InChI=1S/C51H35NO/c1-51(2)46-13-7-5-11-42(46)43-27-24-39(31-47(43)51)52(38-25-28-49-45(30-38)44-12-6-8-14-48(44)53-49)37-22-19-32(20-23-37)35-21-26-41-36(29-35)18-17-34-16-15-33-9-3-4-10-40(33)50(34)41/h3-31H,1-2H3. The first-order chi connectivity index (χ1) is 26.0. The van der Waals surface area contributed by atoms with Crippen LogP contribution in [0.2, 0.25) is 0 Å². The average molecular weight is 678 g/mol. The van der Waals surface area contributed by atoms with Crippen LogP contribution in [0.25, 0.3) is 76.5 Å². The van der Waals surface area contributed by atoms with Crippen molar-refractivity contribution in [2.45, 2.75) is 19.3 Å². The minimum atomic E-state index is -0.101. The number of hydrogen-bond donors (Lipinski definition) is 0. The first-order valence-electron chi connectivity index (χ1n) is 18.4. The highest BCUT2D eigenvalue weighted by molar-refractivity contribution is 6.20. The zero-order valence-electron chi connectivity index (χ0n) is 29.6. The van der Waals surface area contributed by atoms with Gasteiger partial charge in [0, 0.05) is 33.2 Å².